The summed E-state index contributed by atoms with van der Waals surface area (Å²) in [5.74, 6) is 0. The number of thiazole rings is 1. The Labute approximate surface area is 126 Å². The molecule has 2 aromatic heterocycles. The number of aryl methyl sites for hydroxylation is 1. The third-order valence-electron chi connectivity index (χ3n) is 3.71. The van der Waals surface area contributed by atoms with Crippen LogP contribution in [-0.2, 0) is 0 Å². The van der Waals surface area contributed by atoms with Crippen LogP contribution in [0, 0.1) is 6.92 Å². The van der Waals surface area contributed by atoms with Gasteiger partial charge in [0.15, 0.2) is 10.7 Å². The Hall–Kier alpha value is -2.08. The van der Waals surface area contributed by atoms with Crippen LogP contribution in [0.15, 0.2) is 34.1 Å². The van der Waals surface area contributed by atoms with Crippen molar-refractivity contribution in [1.82, 2.24) is 9.97 Å². The first kappa shape index (κ1) is 12.6. The van der Waals surface area contributed by atoms with E-state index in [1.54, 1.807) is 11.3 Å². The van der Waals surface area contributed by atoms with E-state index in [1.807, 2.05) is 31.2 Å². The van der Waals surface area contributed by atoms with Crippen molar-refractivity contribution in [2.75, 3.05) is 36.0 Å². The molecule has 4 rings (SSSR count). The summed E-state index contributed by atoms with van der Waals surface area (Å²) in [5, 5.41) is 3.22. The molecular weight excluding hydrogens is 284 g/mol. The van der Waals surface area contributed by atoms with Crippen molar-refractivity contribution in [3.8, 4) is 0 Å². The van der Waals surface area contributed by atoms with Gasteiger partial charge in [0.25, 0.3) is 6.01 Å². The number of hydrogen-bond acceptors (Lipinski definition) is 6. The second-order valence-corrected chi connectivity index (χ2v) is 6.05. The summed E-state index contributed by atoms with van der Waals surface area (Å²) in [6.07, 6.45) is 0. The number of para-hydroxylation sites is 2. The summed E-state index contributed by atoms with van der Waals surface area (Å²) in [6.45, 7) is 5.75. The number of piperazine rings is 1. The van der Waals surface area contributed by atoms with E-state index in [4.69, 9.17) is 4.42 Å². The van der Waals surface area contributed by atoms with Crippen LogP contribution in [-0.4, -0.2) is 36.1 Å². The van der Waals surface area contributed by atoms with E-state index in [0.717, 1.165) is 54.1 Å². The van der Waals surface area contributed by atoms with Crippen molar-refractivity contribution < 1.29 is 4.42 Å². The highest BCUT2D eigenvalue weighted by Crippen LogP contribution is 2.25. The van der Waals surface area contributed by atoms with E-state index in [0.29, 0.717) is 0 Å². The Morgan fingerprint density at radius 1 is 1.05 bits per heavy atom. The number of benzene rings is 1. The Morgan fingerprint density at radius 2 is 1.81 bits per heavy atom. The van der Waals surface area contributed by atoms with Gasteiger partial charge in [-0.15, -0.1) is 11.3 Å². The number of fused-ring (bicyclic) bond motifs is 1. The Balaban J connectivity index is 1.49. The summed E-state index contributed by atoms with van der Waals surface area (Å²) in [5.41, 5.74) is 2.87. The van der Waals surface area contributed by atoms with Crippen LogP contribution < -0.4 is 9.80 Å². The molecule has 0 atom stereocenters. The number of nitrogens with zero attached hydrogens (tertiary/aromatic N) is 4. The quantitative estimate of drug-likeness (QED) is 0.728. The molecule has 6 heteroatoms. The lowest BCUT2D eigenvalue weighted by molar-refractivity contribution is 0.541. The number of aromatic nitrogens is 2. The summed E-state index contributed by atoms with van der Waals surface area (Å²) >= 11 is 1.71. The zero-order valence-corrected chi connectivity index (χ0v) is 12.6. The first-order valence-corrected chi connectivity index (χ1v) is 7.95. The molecule has 21 heavy (non-hydrogen) atoms. The van der Waals surface area contributed by atoms with Crippen LogP contribution in [0.3, 0.4) is 0 Å². The van der Waals surface area contributed by atoms with Gasteiger partial charge in [-0.3, -0.25) is 0 Å². The molecule has 1 fully saturated rings. The van der Waals surface area contributed by atoms with Crippen LogP contribution >= 0.6 is 11.3 Å². The molecule has 1 saturated heterocycles. The monoisotopic (exact) mass is 300 g/mol. The number of hydrogen-bond donors (Lipinski definition) is 0. The van der Waals surface area contributed by atoms with E-state index in [1.165, 1.54) is 0 Å². The van der Waals surface area contributed by atoms with E-state index >= 15 is 0 Å². The largest absolute Gasteiger partial charge is 0.423 e. The fraction of sp³-hybridized carbons (Fsp3) is 0.333. The van der Waals surface area contributed by atoms with Gasteiger partial charge in [-0.25, -0.2) is 4.98 Å². The van der Waals surface area contributed by atoms with Gasteiger partial charge < -0.3 is 14.2 Å². The van der Waals surface area contributed by atoms with Gasteiger partial charge in [-0.2, -0.15) is 4.98 Å². The van der Waals surface area contributed by atoms with Crippen LogP contribution in [0.25, 0.3) is 11.1 Å². The molecule has 0 unspecified atom stereocenters. The van der Waals surface area contributed by atoms with Crippen molar-refractivity contribution in [2.45, 2.75) is 6.92 Å². The van der Waals surface area contributed by atoms with Crippen LogP contribution in [0.5, 0.6) is 0 Å². The number of rotatable bonds is 2. The highest BCUT2D eigenvalue weighted by atomic mass is 32.1. The second-order valence-electron chi connectivity index (χ2n) is 5.21. The molecule has 0 amide bonds. The van der Waals surface area contributed by atoms with Crippen molar-refractivity contribution in [1.29, 1.82) is 0 Å². The third-order valence-corrected chi connectivity index (χ3v) is 4.73. The number of anilines is 2. The Kier molecular flexibility index (Phi) is 3.03. The maximum Gasteiger partial charge on any atom is 0.298 e. The molecule has 1 aliphatic heterocycles. The molecule has 3 heterocycles. The molecule has 1 aromatic carbocycles. The number of oxazole rings is 1. The first-order chi connectivity index (χ1) is 10.3. The Morgan fingerprint density at radius 3 is 2.52 bits per heavy atom. The van der Waals surface area contributed by atoms with E-state index in [2.05, 4.69) is 25.1 Å². The summed E-state index contributed by atoms with van der Waals surface area (Å²) in [4.78, 5) is 13.7. The molecule has 0 bridgehead atoms. The average molecular weight is 300 g/mol. The van der Waals surface area contributed by atoms with E-state index in [-0.39, 0.29) is 0 Å². The third kappa shape index (κ3) is 2.35. The van der Waals surface area contributed by atoms with Crippen molar-refractivity contribution in [2.24, 2.45) is 0 Å². The normalized spacial score (nSPS) is 15.9. The van der Waals surface area contributed by atoms with Crippen molar-refractivity contribution in [3.05, 3.63) is 35.3 Å². The van der Waals surface area contributed by atoms with Gasteiger partial charge in [0.05, 0.1) is 5.69 Å². The van der Waals surface area contributed by atoms with Crippen LogP contribution in [0.4, 0.5) is 11.1 Å². The predicted molar refractivity (Wildman–Crippen MR) is 85.3 cm³/mol. The topological polar surface area (TPSA) is 45.4 Å². The lowest BCUT2D eigenvalue weighted by Gasteiger charge is -2.33. The summed E-state index contributed by atoms with van der Waals surface area (Å²) < 4.78 is 5.84. The van der Waals surface area contributed by atoms with Gasteiger partial charge in [0.2, 0.25) is 0 Å². The summed E-state index contributed by atoms with van der Waals surface area (Å²) in [7, 11) is 0. The van der Waals surface area contributed by atoms with Crippen LogP contribution in [0.1, 0.15) is 5.69 Å². The van der Waals surface area contributed by atoms with Crippen molar-refractivity contribution >= 4 is 33.6 Å². The molecule has 0 radical (unpaired) electrons. The zero-order valence-electron chi connectivity index (χ0n) is 11.8. The second kappa shape index (κ2) is 5.04. The highest BCUT2D eigenvalue weighted by Gasteiger charge is 2.22. The van der Waals surface area contributed by atoms with E-state index < -0.39 is 0 Å². The first-order valence-electron chi connectivity index (χ1n) is 7.07. The van der Waals surface area contributed by atoms with Crippen molar-refractivity contribution in [3.63, 3.8) is 0 Å². The van der Waals surface area contributed by atoms with Gasteiger partial charge >= 0.3 is 0 Å². The minimum atomic E-state index is 0.728. The summed E-state index contributed by atoms with van der Waals surface area (Å²) in [6, 6.07) is 8.63. The Bertz CT molecular complexity index is 725. The predicted octanol–water partition coefficient (Wildman–Crippen LogP) is 2.92. The smallest absolute Gasteiger partial charge is 0.298 e. The standard InChI is InChI=1S/C15H16N4OS/c1-11-10-21-15(16-11)19-8-6-18(7-9-19)14-17-12-4-2-3-5-13(12)20-14/h2-5,10H,6-9H2,1H3. The average Bonchev–Trinajstić information content (AvgIpc) is 3.13. The highest BCUT2D eigenvalue weighted by molar-refractivity contribution is 7.13. The van der Waals surface area contributed by atoms with E-state index in [9.17, 15) is 0 Å². The molecule has 0 N–H and O–H groups in total. The maximum absolute atomic E-state index is 5.84. The maximum atomic E-state index is 5.84. The lowest BCUT2D eigenvalue weighted by atomic mass is 10.3. The molecule has 0 saturated carbocycles. The zero-order chi connectivity index (χ0) is 14.2. The molecular formula is C15H16N4OS. The van der Waals surface area contributed by atoms with Gasteiger partial charge in [0, 0.05) is 31.6 Å². The molecule has 0 spiro atoms. The molecule has 1 aliphatic rings. The minimum Gasteiger partial charge on any atom is -0.423 e. The molecule has 108 valence electrons. The fourth-order valence-electron chi connectivity index (χ4n) is 2.57. The molecule has 3 aromatic rings. The fourth-order valence-corrected chi connectivity index (χ4v) is 3.43. The van der Waals surface area contributed by atoms with Crippen LogP contribution in [0.2, 0.25) is 0 Å². The molecule has 0 aliphatic carbocycles. The van der Waals surface area contributed by atoms with Gasteiger partial charge in [-0.1, -0.05) is 12.1 Å². The molecule has 5 nitrogen and oxygen atoms in total. The minimum absolute atomic E-state index is 0.728. The SMILES string of the molecule is Cc1csc(N2CCN(c3nc4ccccc4o3)CC2)n1. The van der Waals surface area contributed by atoms with Gasteiger partial charge in [-0.05, 0) is 19.1 Å². The lowest BCUT2D eigenvalue weighted by Crippen LogP contribution is -2.46. The van der Waals surface area contributed by atoms with Gasteiger partial charge in [0.1, 0.15) is 5.52 Å².